The molecule has 1 aliphatic rings. The van der Waals surface area contributed by atoms with Crippen LogP contribution in [0.1, 0.15) is 27.9 Å². The van der Waals surface area contributed by atoms with E-state index in [1.165, 1.54) is 0 Å². The molecule has 0 aromatic carbocycles. The number of aromatic nitrogens is 1. The number of nitrogens with zero attached hydrogens (tertiary/aromatic N) is 3. The maximum Gasteiger partial charge on any atom is 0.270 e. The smallest absolute Gasteiger partial charge is 0.270 e. The molecule has 7 heteroatoms. The number of hydrogen-bond donors (Lipinski definition) is 1. The number of hydrogen-bond acceptors (Lipinski definition) is 6. The van der Waals surface area contributed by atoms with E-state index in [0.29, 0.717) is 63.4 Å². The van der Waals surface area contributed by atoms with Crippen molar-refractivity contribution in [2.45, 2.75) is 19.4 Å². The second-order valence-electron chi connectivity index (χ2n) is 5.57. The number of methoxy groups -OCH3 is 1. The maximum atomic E-state index is 13.1. The summed E-state index contributed by atoms with van der Waals surface area (Å²) in [5, 5.41) is 13.3. The molecule has 1 N–H and O–H groups in total. The van der Waals surface area contributed by atoms with Crippen LogP contribution in [0.5, 0.6) is 0 Å². The molecule has 1 aromatic rings. The minimum atomic E-state index is -0.153. The Balaban J connectivity index is 2.30. The van der Waals surface area contributed by atoms with Gasteiger partial charge in [0, 0.05) is 39.1 Å². The minimum Gasteiger partial charge on any atom is -0.392 e. The Hall–Kier alpha value is -1.54. The second-order valence-corrected chi connectivity index (χ2v) is 5.57. The molecule has 0 atom stereocenters. The first-order valence-electron chi connectivity index (χ1n) is 8.22. The molecule has 1 fully saturated rings. The van der Waals surface area contributed by atoms with Crippen LogP contribution in [0.15, 0.2) is 12.4 Å². The average molecular weight is 336 g/mol. The van der Waals surface area contributed by atoms with Crippen molar-refractivity contribution >= 4 is 5.91 Å². The van der Waals surface area contributed by atoms with Gasteiger partial charge in [0.25, 0.3) is 5.91 Å². The zero-order valence-electron chi connectivity index (χ0n) is 14.2. The van der Waals surface area contributed by atoms with Crippen molar-refractivity contribution in [3.63, 3.8) is 0 Å². The van der Waals surface area contributed by atoms with Crippen LogP contribution in [0.3, 0.4) is 0 Å². The van der Waals surface area contributed by atoms with Crippen molar-refractivity contribution in [1.29, 1.82) is 0 Å². The van der Waals surface area contributed by atoms with Crippen LogP contribution in [0.25, 0.3) is 0 Å². The van der Waals surface area contributed by atoms with E-state index in [-0.39, 0.29) is 12.5 Å². The zero-order valence-corrected chi connectivity index (χ0v) is 14.2. The van der Waals surface area contributed by atoms with Gasteiger partial charge in [-0.2, -0.15) is 0 Å². The van der Waals surface area contributed by atoms with Crippen LogP contribution in [0, 0.1) is 6.92 Å². The van der Waals surface area contributed by atoms with Crippen LogP contribution in [0.2, 0.25) is 0 Å². The standard InChI is InChI=1S/C17H26N3O4/c1-3-5-20(19-6-9-24-10-7-19)17(22)16-12-18-11-14(13-21)15(16)4-8-23-2/h11-12,21H,1,3-10,13H2,2H3. The summed E-state index contributed by atoms with van der Waals surface area (Å²) in [5.74, 6) is -0.116. The van der Waals surface area contributed by atoms with Gasteiger partial charge in [-0.1, -0.05) is 6.92 Å². The van der Waals surface area contributed by atoms with E-state index in [0.717, 1.165) is 5.56 Å². The lowest BCUT2D eigenvalue weighted by Crippen LogP contribution is -2.52. The summed E-state index contributed by atoms with van der Waals surface area (Å²) in [7, 11) is 1.62. The van der Waals surface area contributed by atoms with Gasteiger partial charge in [0.15, 0.2) is 0 Å². The average Bonchev–Trinajstić information content (AvgIpc) is 2.64. The number of carbonyl (C=O) groups excluding carboxylic acids is 1. The van der Waals surface area contributed by atoms with Gasteiger partial charge in [0.1, 0.15) is 0 Å². The Labute approximate surface area is 143 Å². The molecule has 1 radical (unpaired) electrons. The number of ether oxygens (including phenoxy) is 2. The molecule has 24 heavy (non-hydrogen) atoms. The van der Waals surface area contributed by atoms with E-state index in [2.05, 4.69) is 11.9 Å². The Bertz CT molecular complexity index is 533. The predicted molar refractivity (Wildman–Crippen MR) is 89.1 cm³/mol. The van der Waals surface area contributed by atoms with Gasteiger partial charge in [-0.3, -0.25) is 14.8 Å². The van der Waals surface area contributed by atoms with Crippen LogP contribution < -0.4 is 0 Å². The molecule has 1 amide bonds. The molecule has 0 unspecified atom stereocenters. The van der Waals surface area contributed by atoms with Gasteiger partial charge >= 0.3 is 0 Å². The van der Waals surface area contributed by atoms with E-state index < -0.39 is 0 Å². The Morgan fingerprint density at radius 2 is 2.21 bits per heavy atom. The summed E-state index contributed by atoms with van der Waals surface area (Å²) < 4.78 is 10.5. The lowest BCUT2D eigenvalue weighted by atomic mass is 10.0. The van der Waals surface area contributed by atoms with Gasteiger partial charge in [0.2, 0.25) is 0 Å². The number of rotatable bonds is 8. The van der Waals surface area contributed by atoms with Crippen molar-refractivity contribution in [2.24, 2.45) is 0 Å². The van der Waals surface area contributed by atoms with Gasteiger partial charge in [-0.25, -0.2) is 5.01 Å². The first-order chi connectivity index (χ1) is 11.7. The fourth-order valence-corrected chi connectivity index (χ4v) is 2.81. The van der Waals surface area contributed by atoms with Crippen LogP contribution in [-0.2, 0) is 22.5 Å². The largest absolute Gasteiger partial charge is 0.392 e. The number of aliphatic hydroxyl groups excluding tert-OH is 1. The summed E-state index contributed by atoms with van der Waals surface area (Å²) in [5.41, 5.74) is 1.97. The van der Waals surface area contributed by atoms with Crippen molar-refractivity contribution in [2.75, 3.05) is 46.6 Å². The molecule has 0 aliphatic carbocycles. The van der Waals surface area contributed by atoms with Crippen LogP contribution in [0.4, 0.5) is 0 Å². The van der Waals surface area contributed by atoms with Gasteiger partial charge in [-0.05, 0) is 24.0 Å². The molecular formula is C17H26N3O4. The Morgan fingerprint density at radius 1 is 1.46 bits per heavy atom. The maximum absolute atomic E-state index is 13.1. The summed E-state index contributed by atoms with van der Waals surface area (Å²) in [4.78, 5) is 17.3. The third-order valence-corrected chi connectivity index (χ3v) is 4.04. The first-order valence-corrected chi connectivity index (χ1v) is 8.22. The Kier molecular flexibility index (Phi) is 7.58. The number of morpholine rings is 1. The third-order valence-electron chi connectivity index (χ3n) is 4.04. The fourth-order valence-electron chi connectivity index (χ4n) is 2.81. The molecule has 1 saturated heterocycles. The first kappa shape index (κ1) is 18.8. The molecule has 0 bridgehead atoms. The van der Waals surface area contributed by atoms with Gasteiger partial charge < -0.3 is 14.6 Å². The topological polar surface area (TPSA) is 75.1 Å². The number of pyridine rings is 1. The molecule has 1 aliphatic heterocycles. The summed E-state index contributed by atoms with van der Waals surface area (Å²) in [6.07, 6.45) is 4.34. The highest BCUT2D eigenvalue weighted by molar-refractivity contribution is 5.95. The molecule has 7 nitrogen and oxygen atoms in total. The summed E-state index contributed by atoms with van der Waals surface area (Å²) >= 11 is 0. The number of amides is 1. The highest BCUT2D eigenvalue weighted by Crippen LogP contribution is 2.19. The summed E-state index contributed by atoms with van der Waals surface area (Å²) in [6, 6.07) is 0. The van der Waals surface area contributed by atoms with E-state index in [1.807, 2.05) is 5.01 Å². The van der Waals surface area contributed by atoms with Crippen LogP contribution in [-0.4, -0.2) is 72.6 Å². The lowest BCUT2D eigenvalue weighted by Gasteiger charge is -2.37. The normalized spacial score (nSPS) is 15.5. The zero-order chi connectivity index (χ0) is 17.4. The Morgan fingerprint density at radius 3 is 2.83 bits per heavy atom. The second kappa shape index (κ2) is 9.68. The van der Waals surface area contributed by atoms with Crippen molar-refractivity contribution in [3.05, 3.63) is 36.0 Å². The van der Waals surface area contributed by atoms with E-state index in [9.17, 15) is 9.90 Å². The minimum absolute atomic E-state index is 0.116. The van der Waals surface area contributed by atoms with Crippen molar-refractivity contribution in [1.82, 2.24) is 15.0 Å². The van der Waals surface area contributed by atoms with E-state index >= 15 is 0 Å². The molecule has 0 saturated carbocycles. The predicted octanol–water partition coefficient (Wildman–Crippen LogP) is 0.676. The van der Waals surface area contributed by atoms with Gasteiger partial charge in [-0.15, -0.1) is 0 Å². The lowest BCUT2D eigenvalue weighted by molar-refractivity contribution is -0.0692. The fraction of sp³-hybridized carbons (Fsp3) is 0.588. The highest BCUT2D eigenvalue weighted by atomic mass is 16.5. The van der Waals surface area contributed by atoms with Crippen molar-refractivity contribution in [3.8, 4) is 0 Å². The molecule has 2 heterocycles. The van der Waals surface area contributed by atoms with E-state index in [4.69, 9.17) is 9.47 Å². The summed E-state index contributed by atoms with van der Waals surface area (Å²) in [6.45, 7) is 7.28. The SMILES string of the molecule is [CH2]CCN(C(=O)c1cncc(CO)c1CCOC)N1CCOCC1. The number of aliphatic hydroxyl groups is 1. The number of carbonyl (C=O) groups is 1. The molecule has 0 spiro atoms. The van der Waals surface area contributed by atoms with E-state index in [1.54, 1.807) is 24.5 Å². The number of hydrazine groups is 1. The molecular weight excluding hydrogens is 310 g/mol. The van der Waals surface area contributed by atoms with Crippen molar-refractivity contribution < 1.29 is 19.4 Å². The highest BCUT2D eigenvalue weighted by Gasteiger charge is 2.26. The molecule has 2 rings (SSSR count). The monoisotopic (exact) mass is 336 g/mol. The third kappa shape index (κ3) is 4.51. The van der Waals surface area contributed by atoms with Crippen LogP contribution >= 0.6 is 0 Å². The molecule has 133 valence electrons. The quantitative estimate of drug-likeness (QED) is 0.752. The molecule has 1 aromatic heterocycles. The van der Waals surface area contributed by atoms with Gasteiger partial charge in [0.05, 0.1) is 32.0 Å².